The van der Waals surface area contributed by atoms with Crippen molar-refractivity contribution in [3.63, 3.8) is 0 Å². The fourth-order valence-corrected chi connectivity index (χ4v) is 1.59. The lowest BCUT2D eigenvalue weighted by molar-refractivity contribution is 0.0698. The van der Waals surface area contributed by atoms with E-state index in [4.69, 9.17) is 11.5 Å². The van der Waals surface area contributed by atoms with E-state index in [1.807, 2.05) is 0 Å². The molecule has 0 aromatic heterocycles. The zero-order valence-electron chi connectivity index (χ0n) is 10.2. The first kappa shape index (κ1) is 13.6. The fraction of sp³-hybridized carbons (Fsp3) is 0.231. The lowest BCUT2D eigenvalue weighted by Gasteiger charge is -2.12. The topological polar surface area (TPSA) is 78.4 Å². The van der Waals surface area contributed by atoms with Gasteiger partial charge < -0.3 is 15.7 Å². The van der Waals surface area contributed by atoms with Gasteiger partial charge in [0.15, 0.2) is 0 Å². The van der Waals surface area contributed by atoms with Crippen LogP contribution < -0.4 is 10.6 Å². The Hall–Kier alpha value is -2.48. The number of carbonyl (C=O) groups is 2. The Labute approximate surface area is 105 Å². The van der Waals surface area contributed by atoms with Gasteiger partial charge in [0.05, 0.1) is 17.8 Å². The van der Waals surface area contributed by atoms with E-state index in [2.05, 4.69) is 16.6 Å². The van der Waals surface area contributed by atoms with Crippen molar-refractivity contribution in [2.24, 2.45) is 0 Å². The summed E-state index contributed by atoms with van der Waals surface area (Å²) >= 11 is 0. The Balaban J connectivity index is 3.04. The summed E-state index contributed by atoms with van der Waals surface area (Å²) in [6.07, 6.45) is 5.01. The second kappa shape index (κ2) is 5.73. The predicted octanol–water partition coefficient (Wildman–Crippen LogP) is 1.76. The number of terminal acetylenes is 1. The number of benzene rings is 1. The number of amides is 2. The molecule has 1 rings (SSSR count). The number of urea groups is 1. The summed E-state index contributed by atoms with van der Waals surface area (Å²) in [4.78, 5) is 22.6. The molecule has 0 aliphatic carbocycles. The highest BCUT2D eigenvalue weighted by Crippen LogP contribution is 2.22. The maximum atomic E-state index is 11.5. The van der Waals surface area contributed by atoms with Gasteiger partial charge >= 0.3 is 12.0 Å². The van der Waals surface area contributed by atoms with E-state index in [9.17, 15) is 9.59 Å². The van der Waals surface area contributed by atoms with Crippen molar-refractivity contribution in [2.45, 2.75) is 13.8 Å². The van der Waals surface area contributed by atoms with Crippen LogP contribution in [0.25, 0.3) is 0 Å². The number of carbonyl (C=O) groups excluding carboxylic acids is 1. The van der Waals surface area contributed by atoms with Crippen molar-refractivity contribution in [3.05, 3.63) is 28.8 Å². The predicted molar refractivity (Wildman–Crippen MR) is 68.7 cm³/mol. The molecule has 0 bridgehead atoms. The van der Waals surface area contributed by atoms with E-state index in [0.717, 1.165) is 5.56 Å². The highest BCUT2D eigenvalue weighted by molar-refractivity contribution is 6.01. The van der Waals surface area contributed by atoms with Gasteiger partial charge in [-0.25, -0.2) is 9.59 Å². The molecule has 0 heterocycles. The van der Waals surface area contributed by atoms with Gasteiger partial charge in [0, 0.05) is 0 Å². The van der Waals surface area contributed by atoms with Gasteiger partial charge in [-0.05, 0) is 31.0 Å². The number of nitrogens with one attached hydrogen (secondary N) is 2. The van der Waals surface area contributed by atoms with E-state index in [-0.39, 0.29) is 17.8 Å². The average molecular weight is 246 g/mol. The quantitative estimate of drug-likeness (QED) is 0.711. The molecule has 0 atom stereocenters. The summed E-state index contributed by atoms with van der Waals surface area (Å²) < 4.78 is 0. The third kappa shape index (κ3) is 3.25. The zero-order chi connectivity index (χ0) is 13.7. The van der Waals surface area contributed by atoms with Crippen LogP contribution in [0.2, 0.25) is 0 Å². The van der Waals surface area contributed by atoms with Crippen LogP contribution in [-0.2, 0) is 0 Å². The van der Waals surface area contributed by atoms with Crippen molar-refractivity contribution < 1.29 is 14.7 Å². The van der Waals surface area contributed by atoms with Gasteiger partial charge in [-0.2, -0.15) is 0 Å². The van der Waals surface area contributed by atoms with Crippen LogP contribution in [0.1, 0.15) is 21.5 Å². The number of carboxylic acid groups (broad SMARTS) is 1. The number of carboxylic acids is 1. The molecule has 0 unspecified atom stereocenters. The van der Waals surface area contributed by atoms with Gasteiger partial charge in [-0.3, -0.25) is 0 Å². The summed E-state index contributed by atoms with van der Waals surface area (Å²) in [5.41, 5.74) is 1.84. The second-order valence-electron chi connectivity index (χ2n) is 3.82. The number of anilines is 1. The molecule has 0 saturated carbocycles. The second-order valence-corrected chi connectivity index (χ2v) is 3.82. The molecule has 0 aliphatic heterocycles. The van der Waals surface area contributed by atoms with Crippen LogP contribution in [0.5, 0.6) is 0 Å². The lowest BCUT2D eigenvalue weighted by atomic mass is 10.0. The lowest BCUT2D eigenvalue weighted by Crippen LogP contribution is -2.30. The van der Waals surface area contributed by atoms with Gasteiger partial charge in [-0.15, -0.1) is 6.42 Å². The van der Waals surface area contributed by atoms with Crippen molar-refractivity contribution >= 4 is 17.7 Å². The Kier molecular flexibility index (Phi) is 4.33. The Morgan fingerprint density at radius 2 is 2.06 bits per heavy atom. The Morgan fingerprint density at radius 1 is 1.39 bits per heavy atom. The minimum absolute atomic E-state index is 0.0587. The Bertz CT molecular complexity index is 530. The molecule has 0 fully saturated rings. The number of rotatable bonds is 3. The maximum absolute atomic E-state index is 11.5. The monoisotopic (exact) mass is 246 g/mol. The van der Waals surface area contributed by atoms with E-state index in [0.29, 0.717) is 5.56 Å². The number of hydrogen-bond acceptors (Lipinski definition) is 2. The molecule has 5 nitrogen and oxygen atoms in total. The van der Waals surface area contributed by atoms with Gasteiger partial charge in [0.1, 0.15) is 0 Å². The van der Waals surface area contributed by atoms with E-state index < -0.39 is 12.0 Å². The van der Waals surface area contributed by atoms with Crippen LogP contribution in [0.3, 0.4) is 0 Å². The maximum Gasteiger partial charge on any atom is 0.337 e. The molecule has 0 saturated heterocycles. The van der Waals surface area contributed by atoms with E-state index >= 15 is 0 Å². The van der Waals surface area contributed by atoms with Crippen LogP contribution in [0.4, 0.5) is 10.5 Å². The number of aryl methyl sites for hydroxylation is 2. The minimum atomic E-state index is -1.09. The van der Waals surface area contributed by atoms with Gasteiger partial charge in [-0.1, -0.05) is 12.0 Å². The van der Waals surface area contributed by atoms with Gasteiger partial charge in [0.25, 0.3) is 0 Å². The summed E-state index contributed by atoms with van der Waals surface area (Å²) in [6, 6.07) is 2.78. The summed E-state index contributed by atoms with van der Waals surface area (Å²) in [5.74, 6) is 1.17. The standard InChI is InChI=1S/C13H14N2O3/c1-4-5-14-13(18)15-11-9(3)6-8(2)7-10(11)12(16)17/h1,6-7H,5H2,2-3H3,(H,16,17)(H2,14,15,18). The van der Waals surface area contributed by atoms with E-state index in [1.54, 1.807) is 19.9 Å². The molecule has 18 heavy (non-hydrogen) atoms. The van der Waals surface area contributed by atoms with Crippen LogP contribution in [-0.4, -0.2) is 23.7 Å². The summed E-state index contributed by atoms with van der Waals surface area (Å²) in [6.45, 7) is 3.61. The zero-order valence-corrected chi connectivity index (χ0v) is 10.2. The van der Waals surface area contributed by atoms with Crippen molar-refractivity contribution in [2.75, 3.05) is 11.9 Å². The Morgan fingerprint density at radius 3 is 2.61 bits per heavy atom. The van der Waals surface area contributed by atoms with Crippen molar-refractivity contribution in [3.8, 4) is 12.3 Å². The molecule has 3 N–H and O–H groups in total. The van der Waals surface area contributed by atoms with Crippen LogP contribution in [0, 0.1) is 26.2 Å². The van der Waals surface area contributed by atoms with Gasteiger partial charge in [0.2, 0.25) is 0 Å². The van der Waals surface area contributed by atoms with Crippen molar-refractivity contribution in [1.82, 2.24) is 5.32 Å². The van der Waals surface area contributed by atoms with Crippen LogP contribution in [0.15, 0.2) is 12.1 Å². The highest BCUT2D eigenvalue weighted by Gasteiger charge is 2.15. The number of hydrogen-bond donors (Lipinski definition) is 3. The third-order valence-electron chi connectivity index (χ3n) is 2.30. The molecular formula is C13H14N2O3. The molecule has 0 aliphatic rings. The van der Waals surface area contributed by atoms with E-state index in [1.165, 1.54) is 6.07 Å². The minimum Gasteiger partial charge on any atom is -0.478 e. The fourth-order valence-electron chi connectivity index (χ4n) is 1.59. The highest BCUT2D eigenvalue weighted by atomic mass is 16.4. The SMILES string of the molecule is C#CCNC(=O)Nc1c(C)cc(C)cc1C(=O)O. The molecule has 2 amide bonds. The molecule has 0 spiro atoms. The summed E-state index contributed by atoms with van der Waals surface area (Å²) in [5, 5.41) is 14.0. The molecule has 94 valence electrons. The van der Waals surface area contributed by atoms with Crippen molar-refractivity contribution in [1.29, 1.82) is 0 Å². The molecule has 1 aromatic carbocycles. The molecule has 1 aromatic rings. The van der Waals surface area contributed by atoms with Crippen LogP contribution >= 0.6 is 0 Å². The normalized spacial score (nSPS) is 9.39. The smallest absolute Gasteiger partial charge is 0.337 e. The molecular weight excluding hydrogens is 232 g/mol. The first-order chi connectivity index (χ1) is 8.45. The third-order valence-corrected chi connectivity index (χ3v) is 2.30. The first-order valence-electron chi connectivity index (χ1n) is 5.28. The first-order valence-corrected chi connectivity index (χ1v) is 5.28. The average Bonchev–Trinajstić information content (AvgIpc) is 2.29. The molecule has 5 heteroatoms. The largest absolute Gasteiger partial charge is 0.478 e. The number of aromatic carboxylic acids is 1. The molecule has 0 radical (unpaired) electrons. The summed E-state index contributed by atoms with van der Waals surface area (Å²) in [7, 11) is 0.